The number of hydrogen-bond donors (Lipinski definition) is 0. The van der Waals surface area contributed by atoms with Crippen LogP contribution in [0, 0.1) is 20.8 Å². The van der Waals surface area contributed by atoms with E-state index in [2.05, 4.69) is 45.0 Å². The Balaban J connectivity index is 0.00000141. The highest BCUT2D eigenvalue weighted by molar-refractivity contribution is 7.79. The largest absolute Gasteiger partial charge is 0.313 e. The molecule has 0 spiro atoms. The minimum absolute atomic E-state index is 0.246. The number of rotatable bonds is 5. The van der Waals surface area contributed by atoms with Crippen molar-refractivity contribution in [2.75, 3.05) is 0 Å². The Hall–Kier alpha value is -2.79. The third kappa shape index (κ3) is 4.68. The van der Waals surface area contributed by atoms with Crippen molar-refractivity contribution in [1.82, 2.24) is 0 Å². The second-order valence-corrected chi connectivity index (χ2v) is 10.8. The summed E-state index contributed by atoms with van der Waals surface area (Å²) in [7, 11) is -1.88. The Morgan fingerprint density at radius 2 is 1.00 bits per heavy atom. The zero-order valence-electron chi connectivity index (χ0n) is 18.7. The first-order valence-corrected chi connectivity index (χ1v) is 12.8. The van der Waals surface area contributed by atoms with Gasteiger partial charge in [-0.15, -0.1) is 0 Å². The summed E-state index contributed by atoms with van der Waals surface area (Å²) in [6, 6.07) is 34.7. The van der Waals surface area contributed by atoms with Gasteiger partial charge in [0.05, 0.1) is 5.66 Å². The van der Waals surface area contributed by atoms with Gasteiger partial charge in [0.1, 0.15) is 0 Å². The van der Waals surface area contributed by atoms with Crippen molar-refractivity contribution >= 4 is 26.9 Å². The van der Waals surface area contributed by atoms with Crippen molar-refractivity contribution in [2.24, 2.45) is 0 Å². The Morgan fingerprint density at radius 3 is 1.41 bits per heavy atom. The Bertz CT molecular complexity index is 1140. The van der Waals surface area contributed by atoms with Gasteiger partial charge in [-0.2, -0.15) is 0 Å². The van der Waals surface area contributed by atoms with Crippen LogP contribution in [0.1, 0.15) is 33.5 Å². The van der Waals surface area contributed by atoms with E-state index in [0.717, 1.165) is 16.2 Å². The van der Waals surface area contributed by atoms with Crippen molar-refractivity contribution in [3.63, 3.8) is 0 Å². The summed E-state index contributed by atoms with van der Waals surface area (Å²) >= 11 is 0. The highest BCUT2D eigenvalue weighted by Crippen LogP contribution is 2.61. The molecule has 0 saturated heterocycles. The summed E-state index contributed by atoms with van der Waals surface area (Å²) in [5.41, 5.74) is 5.62. The van der Waals surface area contributed by atoms with Crippen LogP contribution >= 0.6 is 16.3 Å². The second kappa shape index (κ2) is 10.7. The Labute approximate surface area is 193 Å². The van der Waals surface area contributed by atoms with Gasteiger partial charge in [-0.3, -0.25) is 0 Å². The summed E-state index contributed by atoms with van der Waals surface area (Å²) in [5.74, 6) is 0. The van der Waals surface area contributed by atoms with Gasteiger partial charge < -0.3 is 4.57 Å². The topological polar surface area (TPSA) is 34.1 Å². The van der Waals surface area contributed by atoms with Crippen LogP contribution in [0.15, 0.2) is 103 Å². The number of benzene rings is 4. The van der Waals surface area contributed by atoms with Gasteiger partial charge in [-0.05, 0) is 43.0 Å². The van der Waals surface area contributed by atoms with Gasteiger partial charge in [-0.25, -0.2) is 0 Å². The van der Waals surface area contributed by atoms with Gasteiger partial charge in [0.25, 0.3) is 0 Å². The molecule has 0 radical (unpaired) electrons. The molecule has 32 heavy (non-hydrogen) atoms. The van der Waals surface area contributed by atoms with Gasteiger partial charge in [0.15, 0.2) is 7.14 Å². The highest BCUT2D eigenvalue weighted by atomic mass is 31.2. The molecule has 0 aliphatic carbocycles. The number of hydrogen-bond acceptors (Lipinski definition) is 2. The van der Waals surface area contributed by atoms with E-state index in [0.29, 0.717) is 0 Å². The first-order valence-electron chi connectivity index (χ1n) is 10.6. The molecule has 0 aromatic heterocycles. The van der Waals surface area contributed by atoms with E-state index in [4.69, 9.17) is 4.57 Å². The van der Waals surface area contributed by atoms with E-state index in [9.17, 15) is 0 Å². The molecular formula is C28H29O2P2+. The van der Waals surface area contributed by atoms with E-state index < -0.39 is 7.14 Å². The maximum atomic E-state index is 15.3. The lowest BCUT2D eigenvalue weighted by molar-refractivity contribution is 0.582. The Kier molecular flexibility index (Phi) is 7.97. The molecular weight excluding hydrogens is 430 g/mol. The second-order valence-electron chi connectivity index (χ2n) is 7.95. The maximum Gasteiger partial charge on any atom is 0.310 e. The lowest BCUT2D eigenvalue weighted by Gasteiger charge is -2.32. The maximum absolute atomic E-state index is 15.3. The smallest absolute Gasteiger partial charge is 0.310 e. The summed E-state index contributed by atoms with van der Waals surface area (Å²) in [6.45, 7) is 6.41. The molecule has 0 bridgehead atoms. The van der Waals surface area contributed by atoms with Crippen LogP contribution in [-0.2, 0) is 9.13 Å². The molecule has 2 unspecified atom stereocenters. The van der Waals surface area contributed by atoms with Gasteiger partial charge in [-0.1, -0.05) is 113 Å². The number of aryl methyl sites for hydroxylation is 3. The molecule has 0 fully saturated rings. The third-order valence-electron chi connectivity index (χ3n) is 5.77. The first kappa shape index (κ1) is 23.9. The molecule has 4 rings (SSSR count). The van der Waals surface area contributed by atoms with Gasteiger partial charge in [0, 0.05) is 10.6 Å². The predicted octanol–water partition coefficient (Wildman–Crippen LogP) is 6.92. The first-order chi connectivity index (χ1) is 15.5. The summed E-state index contributed by atoms with van der Waals surface area (Å²) in [6.07, 6.45) is 0. The van der Waals surface area contributed by atoms with Crippen LogP contribution in [0.5, 0.6) is 0 Å². The summed E-state index contributed by atoms with van der Waals surface area (Å²) < 4.78 is 23.5. The zero-order valence-corrected chi connectivity index (χ0v) is 20.8. The third-order valence-corrected chi connectivity index (χ3v) is 9.18. The van der Waals surface area contributed by atoms with Crippen LogP contribution in [0.4, 0.5) is 0 Å². The molecule has 0 saturated carbocycles. The molecule has 4 heteroatoms. The monoisotopic (exact) mass is 459 g/mol. The summed E-state index contributed by atoms with van der Waals surface area (Å²) in [5, 5.41) is 1.79. The van der Waals surface area contributed by atoms with Crippen LogP contribution in [0.3, 0.4) is 0 Å². The quantitative estimate of drug-likeness (QED) is 0.304. The van der Waals surface area contributed by atoms with Gasteiger partial charge >= 0.3 is 9.12 Å². The predicted molar refractivity (Wildman–Crippen MR) is 139 cm³/mol. The zero-order chi connectivity index (χ0) is 23.1. The van der Waals surface area contributed by atoms with Crippen LogP contribution in [-0.4, -0.2) is 0 Å². The van der Waals surface area contributed by atoms with Crippen LogP contribution in [0.25, 0.3) is 0 Å². The fraction of sp³-hybridized carbons (Fsp3) is 0.143. The Morgan fingerprint density at radius 1 is 0.625 bits per heavy atom. The molecule has 0 aliphatic rings. The fourth-order valence-electron chi connectivity index (χ4n) is 4.56. The van der Waals surface area contributed by atoms with E-state index in [1.165, 1.54) is 31.4 Å². The SMILES string of the molecule is Cc1cc(C)c(C(c2ccccc2)P(=O)(c2ccccc2)c2ccccc2)c(C)c1.O=[PH2+]. The highest BCUT2D eigenvalue weighted by Gasteiger charge is 2.40. The molecule has 162 valence electrons. The average molecular weight is 459 g/mol. The molecule has 4 aromatic carbocycles. The van der Waals surface area contributed by atoms with E-state index in [1.807, 2.05) is 78.9 Å². The fourth-order valence-corrected chi connectivity index (χ4v) is 8.05. The molecule has 0 amide bonds. The minimum atomic E-state index is -3.05. The molecule has 0 aliphatic heterocycles. The van der Waals surface area contributed by atoms with Crippen molar-refractivity contribution in [3.8, 4) is 0 Å². The normalized spacial score (nSPS) is 11.8. The van der Waals surface area contributed by atoms with Crippen molar-refractivity contribution in [3.05, 3.63) is 131 Å². The molecule has 4 aromatic rings. The van der Waals surface area contributed by atoms with Crippen molar-refractivity contribution in [1.29, 1.82) is 0 Å². The van der Waals surface area contributed by atoms with Crippen LogP contribution < -0.4 is 10.6 Å². The lowest BCUT2D eigenvalue weighted by atomic mass is 9.94. The summed E-state index contributed by atoms with van der Waals surface area (Å²) in [4.78, 5) is 0. The molecule has 0 heterocycles. The van der Waals surface area contributed by atoms with Crippen molar-refractivity contribution < 1.29 is 9.13 Å². The van der Waals surface area contributed by atoms with Crippen molar-refractivity contribution in [2.45, 2.75) is 26.4 Å². The lowest BCUT2D eigenvalue weighted by Crippen LogP contribution is -2.23. The standard InChI is InChI=1S/C28H27OP.H2OP/c1-21-19-22(2)27(23(3)20-21)28(24-13-7-4-8-14-24)30(29,25-15-9-5-10-16-25)26-17-11-6-12-18-26;1-2/h4-20,28H,1-3H3;2H2/q;+1. The van der Waals surface area contributed by atoms with E-state index >= 15 is 4.57 Å². The molecule has 2 nitrogen and oxygen atoms in total. The minimum Gasteiger partial charge on any atom is -0.313 e. The molecule has 2 atom stereocenters. The average Bonchev–Trinajstić information content (AvgIpc) is 2.84. The van der Waals surface area contributed by atoms with Gasteiger partial charge in [0.2, 0.25) is 0 Å². The van der Waals surface area contributed by atoms with Crippen LogP contribution in [0.2, 0.25) is 0 Å². The van der Waals surface area contributed by atoms with E-state index in [-0.39, 0.29) is 5.66 Å². The molecule has 0 N–H and O–H groups in total. The van der Waals surface area contributed by atoms with E-state index in [1.54, 1.807) is 0 Å².